The number of aryl methyl sites for hydroxylation is 1. The van der Waals surface area contributed by atoms with E-state index in [2.05, 4.69) is 15.0 Å². The number of hydrogen-bond donors (Lipinski definition) is 3. The summed E-state index contributed by atoms with van der Waals surface area (Å²) in [6.45, 7) is 1.55. The number of fused-ring (bicyclic) bond motifs is 1. The Labute approximate surface area is 235 Å². The maximum atomic E-state index is 15.4. The summed E-state index contributed by atoms with van der Waals surface area (Å²) in [7, 11) is -2.50. The zero-order valence-corrected chi connectivity index (χ0v) is 23.4. The molecule has 0 radical (unpaired) electrons. The molecule has 2 aromatic heterocycles. The van der Waals surface area contributed by atoms with Crippen LogP contribution in [0.5, 0.6) is 0 Å². The maximum absolute atomic E-state index is 15.4. The number of halogens is 3. The van der Waals surface area contributed by atoms with E-state index in [0.717, 1.165) is 12.8 Å². The molecule has 3 heterocycles. The Bertz CT molecular complexity index is 1760. The SMILES string of the molecule is CNC1CCN(c2cnc(N)c3c(-c4ccc(NS(=O)(=O)c5ccccc5C)c(F)c4)nn(C4CC4)c23)CC1(F)F. The van der Waals surface area contributed by atoms with Gasteiger partial charge in [0.25, 0.3) is 15.9 Å². The first-order valence-electron chi connectivity index (χ1n) is 13.4. The predicted octanol–water partition coefficient (Wildman–Crippen LogP) is 4.70. The fraction of sp³-hybridized carbons (Fsp3) is 0.357. The third-order valence-electron chi connectivity index (χ3n) is 7.79. The summed E-state index contributed by atoms with van der Waals surface area (Å²) in [6, 6.07) is 9.63. The van der Waals surface area contributed by atoms with Crippen LogP contribution in [0.2, 0.25) is 0 Å². The Hall–Kier alpha value is -3.84. The molecule has 9 nitrogen and oxygen atoms in total. The number of rotatable bonds is 7. The Balaban J connectivity index is 1.41. The van der Waals surface area contributed by atoms with Crippen LogP contribution in [-0.4, -0.2) is 55.3 Å². The first-order chi connectivity index (χ1) is 19.5. The molecule has 1 saturated carbocycles. The molecule has 2 fully saturated rings. The van der Waals surface area contributed by atoms with Crippen LogP contribution < -0.4 is 20.7 Å². The van der Waals surface area contributed by atoms with Gasteiger partial charge >= 0.3 is 0 Å². The zero-order valence-electron chi connectivity index (χ0n) is 22.5. The van der Waals surface area contributed by atoms with Crippen molar-refractivity contribution in [3.8, 4) is 11.3 Å². The largest absolute Gasteiger partial charge is 0.383 e. The van der Waals surface area contributed by atoms with Crippen molar-refractivity contribution in [1.29, 1.82) is 0 Å². The maximum Gasteiger partial charge on any atom is 0.280 e. The first-order valence-corrected chi connectivity index (χ1v) is 14.8. The van der Waals surface area contributed by atoms with E-state index in [9.17, 15) is 17.2 Å². The summed E-state index contributed by atoms with van der Waals surface area (Å²) in [4.78, 5) is 5.97. The van der Waals surface area contributed by atoms with Crippen molar-refractivity contribution in [2.75, 3.05) is 35.5 Å². The number of piperidine rings is 1. The van der Waals surface area contributed by atoms with Crippen molar-refractivity contribution in [2.45, 2.75) is 49.1 Å². The van der Waals surface area contributed by atoms with E-state index >= 15 is 4.39 Å². The molecule has 0 bridgehead atoms. The molecule has 41 heavy (non-hydrogen) atoms. The Morgan fingerprint density at radius 3 is 2.54 bits per heavy atom. The van der Waals surface area contributed by atoms with Crippen LogP contribution in [0.1, 0.15) is 30.9 Å². The third kappa shape index (κ3) is 4.86. The summed E-state index contributed by atoms with van der Waals surface area (Å²) >= 11 is 0. The van der Waals surface area contributed by atoms with E-state index in [1.807, 2.05) is 0 Å². The van der Waals surface area contributed by atoms with E-state index in [1.54, 1.807) is 40.8 Å². The van der Waals surface area contributed by atoms with Gasteiger partial charge in [-0.25, -0.2) is 26.6 Å². The molecular weight excluding hydrogens is 555 g/mol. The summed E-state index contributed by atoms with van der Waals surface area (Å²) in [5.41, 5.74) is 8.42. The van der Waals surface area contributed by atoms with Gasteiger partial charge in [0.2, 0.25) is 0 Å². The van der Waals surface area contributed by atoms with Crippen LogP contribution in [0.3, 0.4) is 0 Å². The van der Waals surface area contributed by atoms with E-state index in [0.29, 0.717) is 40.0 Å². The molecule has 216 valence electrons. The molecule has 2 aromatic carbocycles. The van der Waals surface area contributed by atoms with Gasteiger partial charge in [-0.15, -0.1) is 0 Å². The monoisotopic (exact) mass is 585 g/mol. The quantitative estimate of drug-likeness (QED) is 0.288. The highest BCUT2D eigenvalue weighted by Gasteiger charge is 2.45. The molecule has 13 heteroatoms. The van der Waals surface area contributed by atoms with Gasteiger partial charge in [0.05, 0.1) is 52.0 Å². The van der Waals surface area contributed by atoms with Crippen LogP contribution in [0, 0.1) is 12.7 Å². The lowest BCUT2D eigenvalue weighted by atomic mass is 10.00. The molecule has 0 amide bonds. The second-order valence-electron chi connectivity index (χ2n) is 10.7. The number of anilines is 3. The standard InChI is InChI=1S/C28H30F3N7O2S/c1-16-5-3-4-6-22(16)41(39,40)36-20-10-7-17(13-19(20)29)25-24-26(38(35-25)18-8-9-18)21(14-34-27(24)32)37-12-11-23(33-2)28(30,31)15-37/h3-7,10,13-14,18,23,33,36H,8-9,11-12,15H2,1-2H3,(H2,32,34). The van der Waals surface area contributed by atoms with Crippen molar-refractivity contribution >= 4 is 38.1 Å². The topological polar surface area (TPSA) is 118 Å². The van der Waals surface area contributed by atoms with Crippen LogP contribution >= 0.6 is 0 Å². The smallest absolute Gasteiger partial charge is 0.280 e. The van der Waals surface area contributed by atoms with Crippen LogP contribution in [0.25, 0.3) is 22.2 Å². The lowest BCUT2D eigenvalue weighted by molar-refractivity contribution is -0.0402. The molecule has 1 atom stereocenters. The van der Waals surface area contributed by atoms with Crippen molar-refractivity contribution in [2.24, 2.45) is 0 Å². The lowest BCUT2D eigenvalue weighted by Crippen LogP contribution is -2.56. The number of nitrogens with zero attached hydrogens (tertiary/aromatic N) is 4. The van der Waals surface area contributed by atoms with Gasteiger partial charge < -0.3 is 16.0 Å². The minimum Gasteiger partial charge on any atom is -0.383 e. The average molecular weight is 586 g/mol. The summed E-state index contributed by atoms with van der Waals surface area (Å²) in [5, 5.41) is 7.93. The normalized spacial score (nSPS) is 19.0. The van der Waals surface area contributed by atoms with E-state index < -0.39 is 34.3 Å². The Kier molecular flexibility index (Phi) is 6.61. The van der Waals surface area contributed by atoms with Gasteiger partial charge in [-0.1, -0.05) is 24.3 Å². The number of alkyl halides is 2. The van der Waals surface area contributed by atoms with Crippen molar-refractivity contribution < 1.29 is 21.6 Å². The molecule has 1 aliphatic heterocycles. The molecule has 2 aliphatic rings. The van der Waals surface area contributed by atoms with Crippen molar-refractivity contribution in [3.05, 3.63) is 60.0 Å². The molecule has 6 rings (SSSR count). The zero-order chi connectivity index (χ0) is 29.1. The van der Waals surface area contributed by atoms with Gasteiger partial charge in [0.15, 0.2) is 0 Å². The molecule has 4 N–H and O–H groups in total. The van der Waals surface area contributed by atoms with E-state index in [1.165, 1.54) is 31.4 Å². The van der Waals surface area contributed by atoms with Crippen LogP contribution in [0.15, 0.2) is 53.6 Å². The van der Waals surface area contributed by atoms with Crippen LogP contribution in [-0.2, 0) is 10.0 Å². The number of sulfonamides is 1. The highest BCUT2D eigenvalue weighted by atomic mass is 32.2. The number of nitrogens with one attached hydrogen (secondary N) is 2. The number of benzene rings is 2. The van der Waals surface area contributed by atoms with Gasteiger partial charge in [-0.3, -0.25) is 9.40 Å². The second-order valence-corrected chi connectivity index (χ2v) is 12.3. The van der Waals surface area contributed by atoms with Gasteiger partial charge in [-0.05, 0) is 57.0 Å². The minimum absolute atomic E-state index is 0.0494. The Morgan fingerprint density at radius 2 is 1.88 bits per heavy atom. The molecule has 4 aromatic rings. The van der Waals surface area contributed by atoms with E-state index in [4.69, 9.17) is 10.8 Å². The summed E-state index contributed by atoms with van der Waals surface area (Å²) < 4.78 is 75.1. The van der Waals surface area contributed by atoms with Crippen LogP contribution in [0.4, 0.5) is 30.4 Å². The molecule has 1 aliphatic carbocycles. The number of nitrogens with two attached hydrogens (primary N) is 1. The molecule has 1 unspecified atom stereocenters. The molecule has 1 saturated heterocycles. The van der Waals surface area contributed by atoms with Gasteiger partial charge in [0.1, 0.15) is 17.3 Å². The number of pyridine rings is 1. The predicted molar refractivity (Wildman–Crippen MR) is 152 cm³/mol. The third-order valence-corrected chi connectivity index (χ3v) is 9.31. The molecular formula is C28H30F3N7O2S. The van der Waals surface area contributed by atoms with Crippen molar-refractivity contribution in [3.63, 3.8) is 0 Å². The number of hydrogen-bond acceptors (Lipinski definition) is 7. The van der Waals surface area contributed by atoms with Gasteiger partial charge in [0, 0.05) is 12.1 Å². The van der Waals surface area contributed by atoms with Gasteiger partial charge in [-0.2, -0.15) is 5.10 Å². The first kappa shape index (κ1) is 27.3. The highest BCUT2D eigenvalue weighted by Crippen LogP contribution is 2.45. The molecule has 0 spiro atoms. The van der Waals surface area contributed by atoms with E-state index in [-0.39, 0.29) is 28.9 Å². The number of nitrogen functional groups attached to an aromatic ring is 1. The van der Waals surface area contributed by atoms with Crippen molar-refractivity contribution in [1.82, 2.24) is 20.1 Å². The summed E-state index contributed by atoms with van der Waals surface area (Å²) in [5.74, 6) is -3.61. The lowest BCUT2D eigenvalue weighted by Gasteiger charge is -2.39. The number of aromatic nitrogens is 3. The Morgan fingerprint density at radius 1 is 1.12 bits per heavy atom. The average Bonchev–Trinajstić information content (AvgIpc) is 3.69. The highest BCUT2D eigenvalue weighted by molar-refractivity contribution is 7.92. The fourth-order valence-electron chi connectivity index (χ4n) is 5.50. The fourth-order valence-corrected chi connectivity index (χ4v) is 6.81. The minimum atomic E-state index is -4.03. The second kappa shape index (κ2) is 9.91. The summed E-state index contributed by atoms with van der Waals surface area (Å²) in [6.07, 6.45) is 3.47.